The third-order valence-electron chi connectivity index (χ3n) is 2.12. The fourth-order valence-corrected chi connectivity index (χ4v) is 2.08. The van der Waals surface area contributed by atoms with E-state index in [9.17, 15) is 4.79 Å². The number of thiazole rings is 1. The number of esters is 1. The third-order valence-corrected chi connectivity index (χ3v) is 2.95. The summed E-state index contributed by atoms with van der Waals surface area (Å²) in [6, 6.07) is 0. The minimum atomic E-state index is -0.352. The molecule has 0 bridgehead atoms. The van der Waals surface area contributed by atoms with Gasteiger partial charge in [-0.05, 0) is 14.0 Å². The molecule has 0 unspecified atom stereocenters. The first kappa shape index (κ1) is 14.1. The van der Waals surface area contributed by atoms with Crippen molar-refractivity contribution in [3.63, 3.8) is 0 Å². The van der Waals surface area contributed by atoms with E-state index >= 15 is 0 Å². The molecule has 1 heterocycles. The van der Waals surface area contributed by atoms with Gasteiger partial charge in [0.05, 0.1) is 19.8 Å². The van der Waals surface area contributed by atoms with Crippen LogP contribution in [0.3, 0.4) is 0 Å². The lowest BCUT2D eigenvalue weighted by atomic mass is 10.5. The molecule has 1 aromatic heterocycles. The summed E-state index contributed by atoms with van der Waals surface area (Å²) in [5, 5.41) is 2.64. The van der Waals surface area contributed by atoms with Crippen LogP contribution < -0.4 is 0 Å². The maximum atomic E-state index is 11.4. The molecule has 0 aromatic carbocycles. The van der Waals surface area contributed by atoms with Crippen molar-refractivity contribution in [2.45, 2.75) is 13.5 Å². The van der Waals surface area contributed by atoms with E-state index in [1.165, 1.54) is 11.3 Å². The van der Waals surface area contributed by atoms with Crippen LogP contribution in [0.2, 0.25) is 0 Å². The molecule has 0 aliphatic rings. The predicted molar refractivity (Wildman–Crippen MR) is 66.3 cm³/mol. The van der Waals surface area contributed by atoms with Crippen molar-refractivity contribution in [1.82, 2.24) is 9.88 Å². The Kier molecular flexibility index (Phi) is 6.10. The summed E-state index contributed by atoms with van der Waals surface area (Å²) in [5.41, 5.74) is 0.395. The monoisotopic (exact) mass is 258 g/mol. The Labute approximate surface area is 105 Å². The second-order valence-corrected chi connectivity index (χ2v) is 4.52. The van der Waals surface area contributed by atoms with Gasteiger partial charge in [-0.25, -0.2) is 9.78 Å². The van der Waals surface area contributed by atoms with Gasteiger partial charge in [0, 0.05) is 19.0 Å². The van der Waals surface area contributed by atoms with E-state index in [-0.39, 0.29) is 5.97 Å². The number of likely N-dealkylation sites (N-methyl/N-ethyl adjacent to an activating group) is 1. The SMILES string of the molecule is CCOC(=O)c1csc(CN(C)CCOC)n1. The maximum Gasteiger partial charge on any atom is 0.357 e. The summed E-state index contributed by atoms with van der Waals surface area (Å²) in [5.74, 6) is -0.352. The molecule has 0 fully saturated rings. The summed E-state index contributed by atoms with van der Waals surface area (Å²) in [4.78, 5) is 17.7. The van der Waals surface area contributed by atoms with Gasteiger partial charge in [-0.1, -0.05) is 0 Å². The highest BCUT2D eigenvalue weighted by molar-refractivity contribution is 7.09. The number of hydrogen-bond donors (Lipinski definition) is 0. The van der Waals surface area contributed by atoms with E-state index in [1.807, 2.05) is 7.05 Å². The Balaban J connectivity index is 2.47. The van der Waals surface area contributed by atoms with E-state index in [4.69, 9.17) is 9.47 Å². The van der Waals surface area contributed by atoms with Crippen LogP contribution in [-0.4, -0.2) is 49.8 Å². The first-order valence-corrected chi connectivity index (χ1v) is 6.34. The standard InChI is InChI=1S/C11H18N2O3S/c1-4-16-11(14)9-8-17-10(12-9)7-13(2)5-6-15-3/h8H,4-7H2,1-3H3. The van der Waals surface area contributed by atoms with Gasteiger partial charge in [-0.15, -0.1) is 11.3 Å². The predicted octanol–water partition coefficient (Wildman–Crippen LogP) is 1.40. The minimum Gasteiger partial charge on any atom is -0.461 e. The molecule has 0 saturated carbocycles. The van der Waals surface area contributed by atoms with Gasteiger partial charge >= 0.3 is 5.97 Å². The van der Waals surface area contributed by atoms with Crippen LogP contribution in [0.4, 0.5) is 0 Å². The van der Waals surface area contributed by atoms with Crippen LogP contribution in [0.15, 0.2) is 5.38 Å². The van der Waals surface area contributed by atoms with E-state index in [1.54, 1.807) is 19.4 Å². The number of carbonyl (C=O) groups excluding carboxylic acids is 1. The topological polar surface area (TPSA) is 51.7 Å². The number of hydrogen-bond acceptors (Lipinski definition) is 6. The second-order valence-electron chi connectivity index (χ2n) is 3.58. The molecule has 0 aliphatic heterocycles. The van der Waals surface area contributed by atoms with Crippen LogP contribution in [0.1, 0.15) is 22.4 Å². The zero-order chi connectivity index (χ0) is 12.7. The molecule has 0 N–H and O–H groups in total. The number of carbonyl (C=O) groups is 1. The van der Waals surface area contributed by atoms with Crippen molar-refractivity contribution in [2.75, 3.05) is 33.9 Å². The quantitative estimate of drug-likeness (QED) is 0.692. The van der Waals surface area contributed by atoms with Crippen molar-refractivity contribution in [2.24, 2.45) is 0 Å². The minimum absolute atomic E-state index is 0.352. The molecule has 0 amide bonds. The van der Waals surface area contributed by atoms with E-state index in [0.717, 1.165) is 11.6 Å². The average Bonchev–Trinajstić information content (AvgIpc) is 2.75. The summed E-state index contributed by atoms with van der Waals surface area (Å²) < 4.78 is 9.88. The van der Waals surface area contributed by atoms with Crippen LogP contribution in [0, 0.1) is 0 Å². The number of methoxy groups -OCH3 is 1. The lowest BCUT2D eigenvalue weighted by Crippen LogP contribution is -2.22. The van der Waals surface area contributed by atoms with Crippen LogP contribution >= 0.6 is 11.3 Å². The summed E-state index contributed by atoms with van der Waals surface area (Å²) in [6.45, 7) is 4.40. The highest BCUT2D eigenvalue weighted by atomic mass is 32.1. The highest BCUT2D eigenvalue weighted by Crippen LogP contribution is 2.12. The molecular formula is C11H18N2O3S. The number of nitrogens with zero attached hydrogens (tertiary/aromatic N) is 2. The second kappa shape index (κ2) is 7.37. The first-order valence-electron chi connectivity index (χ1n) is 5.46. The molecule has 5 nitrogen and oxygen atoms in total. The average molecular weight is 258 g/mol. The Morgan fingerprint density at radius 1 is 1.59 bits per heavy atom. The van der Waals surface area contributed by atoms with E-state index in [0.29, 0.717) is 25.5 Å². The van der Waals surface area contributed by atoms with Crippen molar-refractivity contribution >= 4 is 17.3 Å². The van der Waals surface area contributed by atoms with Gasteiger partial charge < -0.3 is 9.47 Å². The molecule has 96 valence electrons. The Morgan fingerprint density at radius 3 is 3.00 bits per heavy atom. The van der Waals surface area contributed by atoms with Crippen LogP contribution in [0.5, 0.6) is 0 Å². The lowest BCUT2D eigenvalue weighted by molar-refractivity contribution is 0.0520. The molecule has 6 heteroatoms. The highest BCUT2D eigenvalue weighted by Gasteiger charge is 2.12. The van der Waals surface area contributed by atoms with Crippen molar-refractivity contribution in [3.05, 3.63) is 16.1 Å². The lowest BCUT2D eigenvalue weighted by Gasteiger charge is -2.13. The molecule has 1 aromatic rings. The Morgan fingerprint density at radius 2 is 2.35 bits per heavy atom. The molecular weight excluding hydrogens is 240 g/mol. The van der Waals surface area contributed by atoms with Gasteiger partial charge in [0.25, 0.3) is 0 Å². The first-order chi connectivity index (χ1) is 8.17. The Bertz CT molecular complexity index is 354. The summed E-state index contributed by atoms with van der Waals surface area (Å²) >= 11 is 1.47. The van der Waals surface area contributed by atoms with Crippen LogP contribution in [-0.2, 0) is 16.0 Å². The maximum absolute atomic E-state index is 11.4. The van der Waals surface area contributed by atoms with Crippen LogP contribution in [0.25, 0.3) is 0 Å². The zero-order valence-corrected chi connectivity index (χ0v) is 11.2. The molecule has 0 spiro atoms. The number of rotatable bonds is 7. The van der Waals surface area contributed by atoms with Gasteiger partial charge in [0.1, 0.15) is 5.01 Å². The van der Waals surface area contributed by atoms with Crippen molar-refractivity contribution < 1.29 is 14.3 Å². The Hall–Kier alpha value is -0.980. The normalized spacial score (nSPS) is 10.8. The molecule has 1 rings (SSSR count). The third kappa shape index (κ3) is 4.80. The van der Waals surface area contributed by atoms with E-state index < -0.39 is 0 Å². The fourth-order valence-electron chi connectivity index (χ4n) is 1.24. The number of aromatic nitrogens is 1. The van der Waals surface area contributed by atoms with Gasteiger partial charge in [0.15, 0.2) is 5.69 Å². The van der Waals surface area contributed by atoms with Crippen molar-refractivity contribution in [3.8, 4) is 0 Å². The molecule has 0 radical (unpaired) electrons. The molecule has 17 heavy (non-hydrogen) atoms. The van der Waals surface area contributed by atoms with Crippen molar-refractivity contribution in [1.29, 1.82) is 0 Å². The summed E-state index contributed by atoms with van der Waals surface area (Å²) in [7, 11) is 3.67. The largest absolute Gasteiger partial charge is 0.461 e. The smallest absolute Gasteiger partial charge is 0.357 e. The molecule has 0 aliphatic carbocycles. The zero-order valence-electron chi connectivity index (χ0n) is 10.4. The number of ether oxygens (including phenoxy) is 2. The molecule has 0 atom stereocenters. The van der Waals surface area contributed by atoms with Gasteiger partial charge in [0.2, 0.25) is 0 Å². The van der Waals surface area contributed by atoms with Gasteiger partial charge in [-0.3, -0.25) is 4.90 Å². The fraction of sp³-hybridized carbons (Fsp3) is 0.636. The van der Waals surface area contributed by atoms with Gasteiger partial charge in [-0.2, -0.15) is 0 Å². The molecule has 0 saturated heterocycles. The summed E-state index contributed by atoms with van der Waals surface area (Å²) in [6.07, 6.45) is 0. The van der Waals surface area contributed by atoms with E-state index in [2.05, 4.69) is 9.88 Å².